The van der Waals surface area contributed by atoms with E-state index in [-0.39, 0.29) is 19.3 Å². The number of hydrogen-bond acceptors (Lipinski definition) is 2. The van der Waals surface area contributed by atoms with Crippen LogP contribution in [0, 0.1) is 16.2 Å². The Kier molecular flexibility index (Phi) is 9.47. The van der Waals surface area contributed by atoms with Gasteiger partial charge in [-0.2, -0.15) is 8.78 Å². The van der Waals surface area contributed by atoms with Gasteiger partial charge < -0.3 is 9.47 Å². The van der Waals surface area contributed by atoms with Crippen LogP contribution in [0.4, 0.5) is 22.0 Å². The van der Waals surface area contributed by atoms with Crippen molar-refractivity contribution in [2.24, 2.45) is 16.2 Å². The van der Waals surface area contributed by atoms with E-state index in [0.717, 1.165) is 0 Å². The second-order valence-corrected chi connectivity index (χ2v) is 10.7. The van der Waals surface area contributed by atoms with E-state index < -0.39 is 46.1 Å². The molecule has 0 saturated carbocycles. The molecule has 0 aliphatic carbocycles. The van der Waals surface area contributed by atoms with Crippen LogP contribution >= 0.6 is 9.24 Å². The lowest BCUT2D eigenvalue weighted by Gasteiger charge is -2.56. The molecule has 182 valence electrons. The maximum atomic E-state index is 16.2. The van der Waals surface area contributed by atoms with Gasteiger partial charge in [0.2, 0.25) is 11.5 Å². The van der Waals surface area contributed by atoms with Gasteiger partial charge in [-0.05, 0) is 39.5 Å². The van der Waals surface area contributed by atoms with Crippen molar-refractivity contribution in [3.8, 4) is 0 Å². The summed E-state index contributed by atoms with van der Waals surface area (Å²) in [4.78, 5) is 0. The van der Waals surface area contributed by atoms with Crippen molar-refractivity contribution >= 4 is 9.24 Å². The van der Waals surface area contributed by atoms with E-state index >= 15 is 17.6 Å². The number of halogens is 5. The van der Waals surface area contributed by atoms with E-state index in [0.29, 0.717) is 6.42 Å². The summed E-state index contributed by atoms with van der Waals surface area (Å²) in [5.41, 5.74) is -9.57. The van der Waals surface area contributed by atoms with Crippen LogP contribution in [0.25, 0.3) is 0 Å². The van der Waals surface area contributed by atoms with Crippen molar-refractivity contribution < 1.29 is 31.4 Å². The van der Waals surface area contributed by atoms with Gasteiger partial charge in [0, 0.05) is 10.8 Å². The van der Waals surface area contributed by atoms with Crippen LogP contribution in [0.3, 0.4) is 0 Å². The lowest BCUT2D eigenvalue weighted by molar-refractivity contribution is -0.397. The first-order chi connectivity index (χ1) is 13.2. The second-order valence-electron chi connectivity index (χ2n) is 9.95. The molecule has 0 aromatic rings. The summed E-state index contributed by atoms with van der Waals surface area (Å²) in [5.74, 6) is -3.00. The summed E-state index contributed by atoms with van der Waals surface area (Å²) in [6, 6.07) is 0. The minimum absolute atomic E-state index is 0.127. The Bertz CT molecular complexity index is 570. The predicted molar refractivity (Wildman–Crippen MR) is 116 cm³/mol. The summed E-state index contributed by atoms with van der Waals surface area (Å²) in [6.45, 7) is 13.1. The summed E-state index contributed by atoms with van der Waals surface area (Å²) < 4.78 is 86.9. The fourth-order valence-corrected chi connectivity index (χ4v) is 4.12. The zero-order chi connectivity index (χ0) is 24.4. The predicted octanol–water partition coefficient (Wildman–Crippen LogP) is 8.20. The van der Waals surface area contributed by atoms with E-state index in [2.05, 4.69) is 0 Å². The fraction of sp³-hybridized carbons (Fsp3) is 1.00. The quantitative estimate of drug-likeness (QED) is 0.202. The molecule has 30 heavy (non-hydrogen) atoms. The second kappa shape index (κ2) is 9.47. The Morgan fingerprint density at radius 1 is 0.667 bits per heavy atom. The average Bonchev–Trinajstić information content (AvgIpc) is 2.64. The van der Waals surface area contributed by atoms with E-state index in [1.165, 1.54) is 55.4 Å². The summed E-state index contributed by atoms with van der Waals surface area (Å²) in [6.07, 6.45) is -3.61. The first-order valence-corrected chi connectivity index (χ1v) is 11.3. The van der Waals surface area contributed by atoms with Crippen molar-refractivity contribution in [1.29, 1.82) is 0 Å². The van der Waals surface area contributed by atoms with Crippen molar-refractivity contribution in [1.82, 2.24) is 0 Å². The third-order valence-electron chi connectivity index (χ3n) is 7.66. The highest BCUT2D eigenvalue weighted by molar-refractivity contribution is 7.18. The Morgan fingerprint density at radius 2 is 1.10 bits per heavy atom. The lowest BCUT2D eigenvalue weighted by atomic mass is 9.60. The molecule has 0 aliphatic rings. The Hall–Kier alpha value is -0.0000000000000000278. The molecule has 0 saturated heterocycles. The SMILES string of the molecule is CCC(C)(C)OC(F)(F)C(C)(CC)C(C)(CC)C(F)(P)OC(F)(CF)C(C)(C)CC. The number of rotatable bonds is 13. The third-order valence-corrected chi connectivity index (χ3v) is 8.41. The minimum Gasteiger partial charge on any atom is -0.314 e. The first-order valence-electron chi connectivity index (χ1n) is 10.7. The van der Waals surface area contributed by atoms with Crippen LogP contribution in [0.5, 0.6) is 0 Å². The van der Waals surface area contributed by atoms with Gasteiger partial charge in [0.05, 0.1) is 11.0 Å². The van der Waals surface area contributed by atoms with Gasteiger partial charge in [-0.3, -0.25) is 0 Å². The molecule has 0 aliphatic heterocycles. The van der Waals surface area contributed by atoms with Crippen molar-refractivity contribution in [3.63, 3.8) is 0 Å². The van der Waals surface area contributed by atoms with Crippen LogP contribution in [0.1, 0.15) is 94.9 Å². The molecule has 2 nitrogen and oxygen atoms in total. The molecule has 0 bridgehead atoms. The van der Waals surface area contributed by atoms with Gasteiger partial charge in [0.25, 0.3) is 0 Å². The summed E-state index contributed by atoms with van der Waals surface area (Å²) >= 11 is 0. The standard InChI is InChI=1S/C22H42F5O2P/c1-11-16(5,6)20(24,15-23)29-22(27,30)19(10,14-4)18(9,13-3)21(25,26)28-17(7,8)12-2/h11-15,30H2,1-10H3. The van der Waals surface area contributed by atoms with E-state index in [1.54, 1.807) is 23.1 Å². The average molecular weight is 465 g/mol. The fourth-order valence-electron chi connectivity index (χ4n) is 3.41. The molecule has 8 heteroatoms. The minimum atomic E-state index is -3.77. The molecule has 0 aromatic heterocycles. The number of ether oxygens (including phenoxy) is 2. The topological polar surface area (TPSA) is 18.5 Å². The molecule has 0 spiro atoms. The van der Waals surface area contributed by atoms with Gasteiger partial charge in [-0.15, -0.1) is 0 Å². The molecular weight excluding hydrogens is 422 g/mol. The molecule has 0 radical (unpaired) electrons. The molecule has 0 heterocycles. The van der Waals surface area contributed by atoms with Crippen molar-refractivity contribution in [2.45, 2.75) is 118 Å². The van der Waals surface area contributed by atoms with Crippen LogP contribution < -0.4 is 0 Å². The van der Waals surface area contributed by atoms with E-state index in [1.807, 2.05) is 0 Å². The molecule has 0 fully saturated rings. The Morgan fingerprint density at radius 3 is 1.40 bits per heavy atom. The van der Waals surface area contributed by atoms with Crippen LogP contribution in [-0.2, 0) is 9.47 Å². The maximum Gasteiger partial charge on any atom is 0.362 e. The third kappa shape index (κ3) is 5.14. The molecule has 5 atom stereocenters. The number of alkyl halides is 5. The molecule has 0 amide bonds. The molecule has 0 N–H and O–H groups in total. The van der Waals surface area contributed by atoms with Gasteiger partial charge >= 0.3 is 6.11 Å². The highest BCUT2D eigenvalue weighted by atomic mass is 31.0. The normalized spacial score (nSPS) is 22.0. The van der Waals surface area contributed by atoms with Crippen LogP contribution in [-0.4, -0.2) is 29.8 Å². The zero-order valence-electron chi connectivity index (χ0n) is 20.3. The summed E-state index contributed by atoms with van der Waals surface area (Å²) in [5, 5.41) is 0. The largest absolute Gasteiger partial charge is 0.362 e. The van der Waals surface area contributed by atoms with Gasteiger partial charge in [0.1, 0.15) is 6.67 Å². The smallest absolute Gasteiger partial charge is 0.314 e. The van der Waals surface area contributed by atoms with E-state index in [9.17, 15) is 4.39 Å². The summed E-state index contributed by atoms with van der Waals surface area (Å²) in [7, 11) is 1.73. The first kappa shape index (κ1) is 30.0. The molecule has 5 unspecified atom stereocenters. The zero-order valence-corrected chi connectivity index (χ0v) is 21.5. The molecule has 0 rings (SSSR count). The van der Waals surface area contributed by atoms with Crippen LogP contribution in [0.2, 0.25) is 0 Å². The Balaban J connectivity index is 6.53. The molecular formula is C22H42F5O2P. The maximum absolute atomic E-state index is 16.2. The van der Waals surface area contributed by atoms with Crippen molar-refractivity contribution in [2.75, 3.05) is 6.67 Å². The number of hydrogen-bond donors (Lipinski definition) is 0. The van der Waals surface area contributed by atoms with Crippen molar-refractivity contribution in [3.05, 3.63) is 0 Å². The van der Waals surface area contributed by atoms with Gasteiger partial charge in [-0.25, -0.2) is 13.2 Å². The monoisotopic (exact) mass is 464 g/mol. The van der Waals surface area contributed by atoms with Crippen LogP contribution in [0.15, 0.2) is 0 Å². The van der Waals surface area contributed by atoms with E-state index in [4.69, 9.17) is 9.47 Å². The molecule has 0 aromatic carbocycles. The highest BCUT2D eigenvalue weighted by Gasteiger charge is 2.69. The Labute approximate surface area is 182 Å². The van der Waals surface area contributed by atoms with Gasteiger partial charge in [0.15, 0.2) is 0 Å². The lowest BCUT2D eigenvalue weighted by Crippen LogP contribution is -2.63. The van der Waals surface area contributed by atoms with Gasteiger partial charge in [-0.1, -0.05) is 64.6 Å². The highest BCUT2D eigenvalue weighted by Crippen LogP contribution is 2.64.